The van der Waals surface area contributed by atoms with Gasteiger partial charge in [0.15, 0.2) is 5.96 Å². The van der Waals surface area contributed by atoms with Crippen LogP contribution < -0.4 is 10.6 Å². The Morgan fingerprint density at radius 3 is 2.70 bits per heavy atom. The van der Waals surface area contributed by atoms with Gasteiger partial charge in [-0.3, -0.25) is 4.99 Å². The molecule has 23 heavy (non-hydrogen) atoms. The second-order valence-corrected chi connectivity index (χ2v) is 7.69. The largest absolute Gasteiger partial charge is 0.357 e. The third-order valence-electron chi connectivity index (χ3n) is 3.82. The summed E-state index contributed by atoms with van der Waals surface area (Å²) in [4.78, 5) is 4.50. The molecule has 0 aromatic heterocycles. The van der Waals surface area contributed by atoms with Gasteiger partial charge < -0.3 is 10.6 Å². The lowest BCUT2D eigenvalue weighted by atomic mass is 10.1. The molecular weight excluding hydrogens is 312 g/mol. The summed E-state index contributed by atoms with van der Waals surface area (Å²) in [7, 11) is -3.04. The van der Waals surface area contributed by atoms with E-state index in [-0.39, 0.29) is 11.8 Å². The van der Waals surface area contributed by atoms with E-state index in [1.807, 2.05) is 25.1 Å². The van der Waals surface area contributed by atoms with Crippen molar-refractivity contribution in [1.82, 2.24) is 14.9 Å². The number of nitrogens with one attached hydrogen (secondary N) is 2. The van der Waals surface area contributed by atoms with Gasteiger partial charge in [0.25, 0.3) is 0 Å². The van der Waals surface area contributed by atoms with Gasteiger partial charge in [-0.1, -0.05) is 30.3 Å². The first kappa shape index (κ1) is 17.7. The summed E-state index contributed by atoms with van der Waals surface area (Å²) in [6, 6.07) is 10.3. The topological polar surface area (TPSA) is 73.8 Å². The zero-order valence-electron chi connectivity index (χ0n) is 13.8. The average molecular weight is 338 g/mol. The molecule has 1 aliphatic rings. The van der Waals surface area contributed by atoms with Crippen LogP contribution in [0.25, 0.3) is 0 Å². The van der Waals surface area contributed by atoms with Crippen LogP contribution in [0.3, 0.4) is 0 Å². The minimum atomic E-state index is -3.04. The fourth-order valence-corrected chi connectivity index (χ4v) is 4.09. The van der Waals surface area contributed by atoms with E-state index in [1.54, 1.807) is 0 Å². The highest BCUT2D eigenvalue weighted by molar-refractivity contribution is 7.89. The van der Waals surface area contributed by atoms with Crippen LogP contribution in [0, 0.1) is 0 Å². The predicted molar refractivity (Wildman–Crippen MR) is 93.9 cm³/mol. The molecule has 128 valence electrons. The smallest absolute Gasteiger partial charge is 0.214 e. The van der Waals surface area contributed by atoms with Crippen LogP contribution in [0.2, 0.25) is 0 Å². The van der Waals surface area contributed by atoms with Crippen molar-refractivity contribution < 1.29 is 8.42 Å². The molecule has 2 N–H and O–H groups in total. The van der Waals surface area contributed by atoms with Crippen molar-refractivity contribution in [3.05, 3.63) is 35.9 Å². The van der Waals surface area contributed by atoms with Crippen LogP contribution >= 0.6 is 0 Å². The molecule has 0 aliphatic carbocycles. The van der Waals surface area contributed by atoms with Crippen LogP contribution in [0.15, 0.2) is 35.3 Å². The van der Waals surface area contributed by atoms with E-state index in [1.165, 1.54) is 9.87 Å². The van der Waals surface area contributed by atoms with Crippen molar-refractivity contribution in [2.75, 3.05) is 31.9 Å². The Kier molecular flexibility index (Phi) is 6.41. The summed E-state index contributed by atoms with van der Waals surface area (Å²) in [6.07, 6.45) is 0.718. The highest BCUT2D eigenvalue weighted by Gasteiger charge is 2.27. The second kappa shape index (κ2) is 8.31. The molecule has 7 heteroatoms. The van der Waals surface area contributed by atoms with Crippen molar-refractivity contribution >= 4 is 16.0 Å². The summed E-state index contributed by atoms with van der Waals surface area (Å²) < 4.78 is 25.1. The predicted octanol–water partition coefficient (Wildman–Crippen LogP) is 1.34. The van der Waals surface area contributed by atoms with Gasteiger partial charge in [0.2, 0.25) is 10.0 Å². The minimum Gasteiger partial charge on any atom is -0.357 e. The molecule has 1 heterocycles. The summed E-state index contributed by atoms with van der Waals surface area (Å²) in [5.74, 6) is 0.973. The van der Waals surface area contributed by atoms with Gasteiger partial charge in [0.1, 0.15) is 0 Å². The van der Waals surface area contributed by atoms with Crippen LogP contribution in [0.1, 0.15) is 31.9 Å². The fourth-order valence-electron chi connectivity index (χ4n) is 2.57. The Morgan fingerprint density at radius 1 is 1.35 bits per heavy atom. The van der Waals surface area contributed by atoms with Crippen molar-refractivity contribution in [3.8, 4) is 0 Å². The highest BCUT2D eigenvalue weighted by atomic mass is 32.2. The zero-order chi connectivity index (χ0) is 16.7. The van der Waals surface area contributed by atoms with Gasteiger partial charge in [-0.25, -0.2) is 12.7 Å². The number of guanidine groups is 1. The van der Waals surface area contributed by atoms with Gasteiger partial charge >= 0.3 is 0 Å². The van der Waals surface area contributed by atoms with Gasteiger partial charge in [-0.2, -0.15) is 0 Å². The van der Waals surface area contributed by atoms with Crippen molar-refractivity contribution in [2.45, 2.75) is 26.3 Å². The Morgan fingerprint density at radius 2 is 2.09 bits per heavy atom. The van der Waals surface area contributed by atoms with Crippen LogP contribution in [0.5, 0.6) is 0 Å². The number of hydrogen-bond donors (Lipinski definition) is 2. The van der Waals surface area contributed by atoms with Crippen LogP contribution in [-0.2, 0) is 10.0 Å². The Hall–Kier alpha value is -1.60. The molecule has 1 unspecified atom stereocenters. The lowest BCUT2D eigenvalue weighted by Crippen LogP contribution is -2.39. The molecular formula is C16H26N4O2S. The van der Waals surface area contributed by atoms with Gasteiger partial charge in [-0.05, 0) is 25.8 Å². The number of sulfonamides is 1. The first-order chi connectivity index (χ1) is 11.0. The maximum Gasteiger partial charge on any atom is 0.214 e. The molecule has 0 radical (unpaired) electrons. The van der Waals surface area contributed by atoms with E-state index in [4.69, 9.17) is 0 Å². The van der Waals surface area contributed by atoms with Crippen molar-refractivity contribution in [3.63, 3.8) is 0 Å². The summed E-state index contributed by atoms with van der Waals surface area (Å²) in [5, 5.41) is 6.55. The lowest BCUT2D eigenvalue weighted by molar-refractivity contribution is 0.452. The maximum atomic E-state index is 11.8. The van der Waals surface area contributed by atoms with E-state index >= 15 is 0 Å². The van der Waals surface area contributed by atoms with E-state index < -0.39 is 10.0 Å². The van der Waals surface area contributed by atoms with E-state index in [2.05, 4.69) is 34.7 Å². The Balaban J connectivity index is 1.92. The Bertz CT molecular complexity index is 616. The molecule has 0 amide bonds. The molecule has 1 fully saturated rings. The average Bonchev–Trinajstić information content (AvgIpc) is 2.87. The van der Waals surface area contributed by atoms with E-state index in [0.29, 0.717) is 25.6 Å². The summed E-state index contributed by atoms with van der Waals surface area (Å²) in [5.41, 5.74) is 1.18. The number of benzene rings is 1. The van der Waals surface area contributed by atoms with Gasteiger partial charge in [0, 0.05) is 19.6 Å². The summed E-state index contributed by atoms with van der Waals surface area (Å²) >= 11 is 0. The molecule has 0 saturated carbocycles. The van der Waals surface area contributed by atoms with Crippen LogP contribution in [-0.4, -0.2) is 50.6 Å². The molecule has 6 nitrogen and oxygen atoms in total. The van der Waals surface area contributed by atoms with Gasteiger partial charge in [-0.15, -0.1) is 0 Å². The normalized spacial score (nSPS) is 19.5. The fraction of sp³-hybridized carbons (Fsp3) is 0.562. The molecule has 1 aromatic carbocycles. The molecule has 1 aliphatic heterocycles. The number of rotatable bonds is 6. The molecule has 0 bridgehead atoms. The molecule has 1 saturated heterocycles. The monoisotopic (exact) mass is 338 g/mol. The lowest BCUT2D eigenvalue weighted by Gasteiger charge is -2.19. The molecule has 2 rings (SSSR count). The first-order valence-corrected chi connectivity index (χ1v) is 9.71. The molecule has 1 aromatic rings. The third-order valence-corrected chi connectivity index (χ3v) is 5.78. The molecule has 1 atom stereocenters. The van der Waals surface area contributed by atoms with Gasteiger partial charge in [0.05, 0.1) is 18.3 Å². The quantitative estimate of drug-likeness (QED) is 0.606. The standard InChI is InChI=1S/C16H26N4O2S/c1-3-17-16(19-14(2)15-8-5-4-6-9-15)18-10-12-20-11-7-13-23(20,21)22/h4-6,8-9,14H,3,7,10-13H2,1-2H3,(H2,17,18,19). The third kappa shape index (κ3) is 5.21. The SMILES string of the molecule is CCNC(=NCCN1CCCS1(=O)=O)NC(C)c1ccccc1. The number of aliphatic imine (C=N–C) groups is 1. The zero-order valence-corrected chi connectivity index (χ0v) is 14.6. The van der Waals surface area contributed by atoms with Crippen molar-refractivity contribution in [2.24, 2.45) is 4.99 Å². The highest BCUT2D eigenvalue weighted by Crippen LogP contribution is 2.13. The van der Waals surface area contributed by atoms with E-state index in [0.717, 1.165) is 13.0 Å². The van der Waals surface area contributed by atoms with Crippen LogP contribution in [0.4, 0.5) is 0 Å². The van der Waals surface area contributed by atoms with E-state index in [9.17, 15) is 8.42 Å². The first-order valence-electron chi connectivity index (χ1n) is 8.10. The minimum absolute atomic E-state index is 0.129. The number of hydrogen-bond acceptors (Lipinski definition) is 3. The second-order valence-electron chi connectivity index (χ2n) is 5.61. The number of nitrogens with zero attached hydrogens (tertiary/aromatic N) is 2. The Labute approximate surface area is 139 Å². The summed E-state index contributed by atoms with van der Waals surface area (Å²) in [6.45, 7) is 6.36. The maximum absolute atomic E-state index is 11.8. The van der Waals surface area contributed by atoms with Crippen molar-refractivity contribution in [1.29, 1.82) is 0 Å². The molecule has 0 spiro atoms.